The van der Waals surface area contributed by atoms with Gasteiger partial charge >= 0.3 is 5.97 Å². The van der Waals surface area contributed by atoms with E-state index in [0.29, 0.717) is 13.2 Å². The maximum absolute atomic E-state index is 10.4. The first kappa shape index (κ1) is 18.0. The summed E-state index contributed by atoms with van der Waals surface area (Å²) in [5.41, 5.74) is 2.52. The first-order valence-electron chi connectivity index (χ1n) is 8.42. The molecule has 0 bridgehead atoms. The molecule has 0 spiro atoms. The smallest absolute Gasteiger partial charge is 0.304 e. The number of hydrogen-bond acceptors (Lipinski definition) is 3. The van der Waals surface area contributed by atoms with Gasteiger partial charge in [0.1, 0.15) is 5.75 Å². The average molecular weight is 327 g/mol. The minimum Gasteiger partial charge on any atom is -0.493 e. The van der Waals surface area contributed by atoms with E-state index < -0.39 is 5.97 Å². The topological polar surface area (TPSA) is 58.6 Å². The Hall–Kier alpha value is -2.33. The average Bonchev–Trinajstić information content (AvgIpc) is 2.59. The van der Waals surface area contributed by atoms with Crippen LogP contribution in [0.15, 0.2) is 54.6 Å². The molecule has 0 aromatic heterocycles. The molecule has 0 aliphatic carbocycles. The van der Waals surface area contributed by atoms with Crippen molar-refractivity contribution in [1.82, 2.24) is 5.32 Å². The summed E-state index contributed by atoms with van der Waals surface area (Å²) < 4.78 is 5.84. The highest BCUT2D eigenvalue weighted by Gasteiger charge is 1.99. The number of nitrogens with one attached hydrogen (secondary N) is 1. The maximum Gasteiger partial charge on any atom is 0.304 e. The van der Waals surface area contributed by atoms with Gasteiger partial charge in [-0.05, 0) is 42.6 Å². The Morgan fingerprint density at radius 1 is 0.958 bits per heavy atom. The second-order valence-corrected chi connectivity index (χ2v) is 5.73. The molecule has 0 unspecified atom stereocenters. The molecule has 24 heavy (non-hydrogen) atoms. The molecule has 0 heterocycles. The van der Waals surface area contributed by atoms with Crippen molar-refractivity contribution in [3.63, 3.8) is 0 Å². The highest BCUT2D eigenvalue weighted by molar-refractivity contribution is 5.66. The minimum absolute atomic E-state index is 0.171. The third kappa shape index (κ3) is 7.29. The summed E-state index contributed by atoms with van der Waals surface area (Å²) in [6.45, 7) is 2.02. The van der Waals surface area contributed by atoms with Gasteiger partial charge in [0.05, 0.1) is 13.0 Å². The van der Waals surface area contributed by atoms with Crippen LogP contribution < -0.4 is 10.1 Å². The second-order valence-electron chi connectivity index (χ2n) is 5.73. The van der Waals surface area contributed by atoms with Gasteiger partial charge in [-0.2, -0.15) is 0 Å². The molecule has 4 heteroatoms. The van der Waals surface area contributed by atoms with E-state index in [1.54, 1.807) is 0 Å². The first-order valence-corrected chi connectivity index (χ1v) is 8.42. The van der Waals surface area contributed by atoms with Crippen LogP contribution in [0.25, 0.3) is 0 Å². The van der Waals surface area contributed by atoms with Crippen molar-refractivity contribution in [2.45, 2.75) is 25.7 Å². The summed E-state index contributed by atoms with van der Waals surface area (Å²) in [5, 5.41) is 11.7. The predicted octanol–water partition coefficient (Wildman–Crippen LogP) is 3.31. The quantitative estimate of drug-likeness (QED) is 0.622. The highest BCUT2D eigenvalue weighted by atomic mass is 16.5. The Labute approximate surface area is 143 Å². The predicted molar refractivity (Wildman–Crippen MR) is 95.5 cm³/mol. The van der Waals surface area contributed by atoms with Gasteiger partial charge in [0.2, 0.25) is 0 Å². The first-order chi connectivity index (χ1) is 11.7. The number of ether oxygens (including phenoxy) is 1. The standard InChI is InChI=1S/C20H25NO3/c22-20(23)11-14-21-13-5-9-18-8-4-10-19(16-18)24-15-12-17-6-2-1-3-7-17/h1-4,6-8,10,16,21H,5,9,11-15H2,(H,22,23). The summed E-state index contributed by atoms with van der Waals surface area (Å²) in [5.74, 6) is 0.144. The molecule has 0 saturated heterocycles. The van der Waals surface area contributed by atoms with Crippen molar-refractivity contribution >= 4 is 5.97 Å². The molecule has 2 N–H and O–H groups in total. The molecule has 2 rings (SSSR count). The van der Waals surface area contributed by atoms with E-state index in [4.69, 9.17) is 9.84 Å². The van der Waals surface area contributed by atoms with Gasteiger partial charge in [0.25, 0.3) is 0 Å². The van der Waals surface area contributed by atoms with Gasteiger partial charge in [0, 0.05) is 13.0 Å². The van der Waals surface area contributed by atoms with Crippen LogP contribution >= 0.6 is 0 Å². The molecule has 2 aromatic carbocycles. The molecule has 0 radical (unpaired) electrons. The summed E-state index contributed by atoms with van der Waals surface area (Å²) in [4.78, 5) is 10.4. The zero-order chi connectivity index (χ0) is 17.0. The fourth-order valence-electron chi connectivity index (χ4n) is 2.46. The monoisotopic (exact) mass is 327 g/mol. The van der Waals surface area contributed by atoms with Crippen LogP contribution in [0, 0.1) is 0 Å². The van der Waals surface area contributed by atoms with Crippen molar-refractivity contribution in [3.8, 4) is 5.75 Å². The van der Waals surface area contributed by atoms with E-state index in [2.05, 4.69) is 29.6 Å². The number of carbonyl (C=O) groups is 1. The van der Waals surface area contributed by atoms with Crippen LogP contribution in [0.5, 0.6) is 5.75 Å². The van der Waals surface area contributed by atoms with Crippen LogP contribution in [0.4, 0.5) is 0 Å². The number of carboxylic acid groups (broad SMARTS) is 1. The Morgan fingerprint density at radius 2 is 1.75 bits per heavy atom. The summed E-state index contributed by atoms with van der Waals surface area (Å²) in [7, 11) is 0. The van der Waals surface area contributed by atoms with Crippen molar-refractivity contribution in [2.75, 3.05) is 19.7 Å². The number of rotatable bonds is 11. The van der Waals surface area contributed by atoms with Crippen molar-refractivity contribution in [3.05, 3.63) is 65.7 Å². The molecule has 0 fully saturated rings. The summed E-state index contributed by atoms with van der Waals surface area (Å²) >= 11 is 0. The van der Waals surface area contributed by atoms with Gasteiger partial charge in [-0.3, -0.25) is 4.79 Å². The van der Waals surface area contributed by atoms with Gasteiger partial charge in [-0.25, -0.2) is 0 Å². The lowest BCUT2D eigenvalue weighted by Gasteiger charge is -2.09. The molecule has 4 nitrogen and oxygen atoms in total. The van der Waals surface area contributed by atoms with E-state index in [1.807, 2.05) is 30.3 Å². The lowest BCUT2D eigenvalue weighted by Crippen LogP contribution is -2.19. The van der Waals surface area contributed by atoms with E-state index >= 15 is 0 Å². The molecule has 0 aliphatic heterocycles. The van der Waals surface area contributed by atoms with E-state index in [0.717, 1.165) is 31.6 Å². The van der Waals surface area contributed by atoms with Gasteiger partial charge in [-0.15, -0.1) is 0 Å². The molecule has 0 saturated carbocycles. The Balaban J connectivity index is 1.66. The fraction of sp³-hybridized carbons (Fsp3) is 0.350. The van der Waals surface area contributed by atoms with Crippen LogP contribution in [0.3, 0.4) is 0 Å². The van der Waals surface area contributed by atoms with E-state index in [-0.39, 0.29) is 6.42 Å². The highest BCUT2D eigenvalue weighted by Crippen LogP contribution is 2.15. The number of benzene rings is 2. The molecular formula is C20H25NO3. The van der Waals surface area contributed by atoms with Crippen molar-refractivity contribution in [1.29, 1.82) is 0 Å². The zero-order valence-electron chi connectivity index (χ0n) is 13.9. The number of aliphatic carboxylic acids is 1. The van der Waals surface area contributed by atoms with Crippen LogP contribution in [-0.2, 0) is 17.6 Å². The number of hydrogen-bond donors (Lipinski definition) is 2. The third-order valence-corrected chi connectivity index (χ3v) is 3.74. The number of aryl methyl sites for hydroxylation is 1. The third-order valence-electron chi connectivity index (χ3n) is 3.74. The van der Waals surface area contributed by atoms with E-state index in [1.165, 1.54) is 11.1 Å². The van der Waals surface area contributed by atoms with Crippen molar-refractivity contribution in [2.24, 2.45) is 0 Å². The molecule has 0 amide bonds. The van der Waals surface area contributed by atoms with Crippen LogP contribution in [0.1, 0.15) is 24.0 Å². The lowest BCUT2D eigenvalue weighted by molar-refractivity contribution is -0.136. The van der Waals surface area contributed by atoms with Crippen LogP contribution in [0.2, 0.25) is 0 Å². The SMILES string of the molecule is O=C(O)CCNCCCc1cccc(OCCc2ccccc2)c1. The maximum atomic E-state index is 10.4. The summed E-state index contributed by atoms with van der Waals surface area (Å²) in [6.07, 6.45) is 3.01. The fourth-order valence-corrected chi connectivity index (χ4v) is 2.46. The van der Waals surface area contributed by atoms with Gasteiger partial charge in [0.15, 0.2) is 0 Å². The minimum atomic E-state index is -0.761. The molecule has 0 aliphatic rings. The molecule has 128 valence electrons. The molecular weight excluding hydrogens is 302 g/mol. The Morgan fingerprint density at radius 3 is 2.54 bits per heavy atom. The molecule has 2 aromatic rings. The second kappa shape index (κ2) is 10.4. The van der Waals surface area contributed by atoms with Gasteiger partial charge < -0.3 is 15.2 Å². The van der Waals surface area contributed by atoms with Crippen molar-refractivity contribution < 1.29 is 14.6 Å². The zero-order valence-corrected chi connectivity index (χ0v) is 13.9. The van der Waals surface area contributed by atoms with E-state index in [9.17, 15) is 4.79 Å². The summed E-state index contributed by atoms with van der Waals surface area (Å²) in [6, 6.07) is 18.5. The molecule has 0 atom stereocenters. The van der Waals surface area contributed by atoms with Gasteiger partial charge in [-0.1, -0.05) is 42.5 Å². The normalized spacial score (nSPS) is 10.5. The lowest BCUT2D eigenvalue weighted by atomic mass is 10.1. The largest absolute Gasteiger partial charge is 0.493 e. The van der Waals surface area contributed by atoms with Crippen LogP contribution in [-0.4, -0.2) is 30.8 Å². The Kier molecular flexibility index (Phi) is 7.84. The Bertz CT molecular complexity index is 613. The number of carboxylic acids is 1.